The fraction of sp³-hybridized carbons (Fsp3) is 0.432. The molecule has 0 aliphatic carbocycles. The molecule has 3 aromatic rings. The van der Waals surface area contributed by atoms with Crippen LogP contribution in [-0.2, 0) is 17.8 Å². The molecule has 5 atom stereocenters. The molecule has 1 aromatic heterocycles. The first kappa shape index (κ1) is 33.8. The first-order chi connectivity index (χ1) is 22.1. The molecule has 5 rings (SSSR count). The van der Waals surface area contributed by atoms with Crippen LogP contribution in [0.15, 0.2) is 75.5 Å². The third-order valence-electron chi connectivity index (χ3n) is 9.34. The SMILES string of the molecule is CCC1C=C(Cc2ccc(F)cc2F)SC(c2cn(C3COCC3C(C)C(C)CC)c(C(C)=O)c(OCc3ccccc3)c2=O)=N1. The molecule has 244 valence electrons. The van der Waals surface area contributed by atoms with Crippen molar-refractivity contribution in [1.29, 1.82) is 0 Å². The maximum absolute atomic E-state index is 14.7. The summed E-state index contributed by atoms with van der Waals surface area (Å²) in [6.07, 6.45) is 5.64. The van der Waals surface area contributed by atoms with E-state index in [0.717, 1.165) is 23.0 Å². The summed E-state index contributed by atoms with van der Waals surface area (Å²) < 4.78 is 42.5. The van der Waals surface area contributed by atoms with Crippen LogP contribution in [0.5, 0.6) is 5.75 Å². The molecule has 2 aliphatic rings. The number of rotatable bonds is 12. The Labute approximate surface area is 273 Å². The van der Waals surface area contributed by atoms with E-state index in [-0.39, 0.29) is 48.3 Å². The van der Waals surface area contributed by atoms with Gasteiger partial charge in [-0.1, -0.05) is 82.3 Å². The number of carbonyl (C=O) groups excluding carboxylic acids is 1. The summed E-state index contributed by atoms with van der Waals surface area (Å²) in [5.41, 5.74) is 1.35. The van der Waals surface area contributed by atoms with Crippen molar-refractivity contribution < 1.29 is 23.0 Å². The molecule has 6 nitrogen and oxygen atoms in total. The summed E-state index contributed by atoms with van der Waals surface area (Å²) in [6.45, 7) is 11.1. The summed E-state index contributed by atoms with van der Waals surface area (Å²) in [7, 11) is 0. The van der Waals surface area contributed by atoms with Gasteiger partial charge in [0.15, 0.2) is 11.5 Å². The number of benzene rings is 2. The van der Waals surface area contributed by atoms with Crippen LogP contribution in [0.1, 0.15) is 80.7 Å². The number of ketones is 1. The van der Waals surface area contributed by atoms with Crippen LogP contribution in [0, 0.1) is 29.4 Å². The number of aromatic nitrogens is 1. The van der Waals surface area contributed by atoms with Crippen molar-refractivity contribution in [3.63, 3.8) is 0 Å². The third kappa shape index (κ3) is 7.36. The number of thioether (sulfide) groups is 1. The maximum atomic E-state index is 14.7. The van der Waals surface area contributed by atoms with Crippen molar-refractivity contribution in [3.8, 4) is 5.75 Å². The molecule has 2 aromatic carbocycles. The predicted molar refractivity (Wildman–Crippen MR) is 180 cm³/mol. The number of allylic oxidation sites excluding steroid dienone is 1. The lowest BCUT2D eigenvalue weighted by Gasteiger charge is -2.32. The minimum Gasteiger partial charge on any atom is -0.483 e. The molecular weight excluding hydrogens is 606 g/mol. The van der Waals surface area contributed by atoms with E-state index in [1.54, 1.807) is 6.20 Å². The Morgan fingerprint density at radius 3 is 2.57 bits per heavy atom. The average molecular weight is 649 g/mol. The topological polar surface area (TPSA) is 69.9 Å². The Morgan fingerprint density at radius 2 is 1.89 bits per heavy atom. The zero-order valence-corrected chi connectivity index (χ0v) is 27.9. The number of aliphatic imine (C=N–C) groups is 1. The highest BCUT2D eigenvalue weighted by Crippen LogP contribution is 2.39. The fourth-order valence-electron chi connectivity index (χ4n) is 6.24. The zero-order chi connectivity index (χ0) is 33.0. The minimum atomic E-state index is -0.633. The molecule has 1 fully saturated rings. The Kier molecular flexibility index (Phi) is 10.9. The van der Waals surface area contributed by atoms with Crippen LogP contribution in [0.4, 0.5) is 8.78 Å². The van der Waals surface area contributed by atoms with E-state index < -0.39 is 17.1 Å². The second-order valence-corrected chi connectivity index (χ2v) is 13.5. The lowest BCUT2D eigenvalue weighted by molar-refractivity contribution is 0.0991. The van der Waals surface area contributed by atoms with Crippen LogP contribution in [-0.4, -0.2) is 34.6 Å². The van der Waals surface area contributed by atoms with Crippen LogP contribution < -0.4 is 10.2 Å². The Morgan fingerprint density at radius 1 is 1.13 bits per heavy atom. The molecule has 0 bridgehead atoms. The number of halogens is 2. The van der Waals surface area contributed by atoms with Gasteiger partial charge in [0.2, 0.25) is 5.43 Å². The zero-order valence-electron chi connectivity index (χ0n) is 27.1. The molecule has 9 heteroatoms. The number of pyridine rings is 1. The quantitative estimate of drug-likeness (QED) is 0.185. The van der Waals surface area contributed by atoms with Crippen LogP contribution in [0.2, 0.25) is 0 Å². The summed E-state index contributed by atoms with van der Waals surface area (Å²) >= 11 is 1.30. The van der Waals surface area contributed by atoms with Crippen molar-refractivity contribution in [2.75, 3.05) is 13.2 Å². The van der Waals surface area contributed by atoms with Gasteiger partial charge in [0, 0.05) is 31.5 Å². The van der Waals surface area contributed by atoms with Gasteiger partial charge >= 0.3 is 0 Å². The maximum Gasteiger partial charge on any atom is 0.234 e. The second-order valence-electron chi connectivity index (χ2n) is 12.4. The molecule has 0 spiro atoms. The first-order valence-electron chi connectivity index (χ1n) is 16.1. The van der Waals surface area contributed by atoms with Gasteiger partial charge in [-0.25, -0.2) is 8.78 Å². The van der Waals surface area contributed by atoms with Crippen LogP contribution in [0.25, 0.3) is 0 Å². The van der Waals surface area contributed by atoms with E-state index in [0.29, 0.717) is 47.6 Å². The number of hydrogen-bond donors (Lipinski definition) is 0. The molecule has 0 saturated carbocycles. The highest BCUT2D eigenvalue weighted by Gasteiger charge is 2.38. The molecular formula is C37H42F2N2O4S. The van der Waals surface area contributed by atoms with Gasteiger partial charge in [0.25, 0.3) is 0 Å². The van der Waals surface area contributed by atoms with Crippen molar-refractivity contribution >= 4 is 22.6 Å². The van der Waals surface area contributed by atoms with Gasteiger partial charge in [-0.05, 0) is 46.4 Å². The van der Waals surface area contributed by atoms with Gasteiger partial charge < -0.3 is 14.0 Å². The van der Waals surface area contributed by atoms with Crippen LogP contribution >= 0.6 is 11.8 Å². The highest BCUT2D eigenvalue weighted by atomic mass is 32.2. The van der Waals surface area contributed by atoms with E-state index >= 15 is 0 Å². The lowest BCUT2D eigenvalue weighted by atomic mass is 9.80. The standard InChI is InChI=1S/C37H42F2N2O4S/c1-6-22(3)23(4)31-20-44-21-33(31)41-18-30(35(43)36(34(41)24(5)42)45-19-25-11-9-8-10-12-25)37-40-28(7-2)17-29(46-37)15-26-13-14-27(38)16-32(26)39/h8-14,16-18,22-23,28,31,33H,6-7,15,19-21H2,1-5H3. The third-order valence-corrected chi connectivity index (χ3v) is 10.4. The lowest BCUT2D eigenvalue weighted by Crippen LogP contribution is -2.33. The van der Waals surface area contributed by atoms with Gasteiger partial charge in [0.1, 0.15) is 29.0 Å². The van der Waals surface area contributed by atoms with E-state index in [1.807, 2.05) is 47.9 Å². The Balaban J connectivity index is 1.62. The van der Waals surface area contributed by atoms with Crippen molar-refractivity contribution in [1.82, 2.24) is 4.57 Å². The van der Waals surface area contributed by atoms with Gasteiger partial charge in [-0.15, -0.1) is 0 Å². The van der Waals surface area contributed by atoms with E-state index in [4.69, 9.17) is 14.5 Å². The summed E-state index contributed by atoms with van der Waals surface area (Å²) in [4.78, 5) is 33.5. The normalized spacial score (nSPS) is 21.0. The summed E-state index contributed by atoms with van der Waals surface area (Å²) in [5, 5.41) is 0.482. The van der Waals surface area contributed by atoms with Crippen molar-refractivity contribution in [3.05, 3.63) is 110 Å². The average Bonchev–Trinajstić information content (AvgIpc) is 3.54. The van der Waals surface area contributed by atoms with Crippen LogP contribution in [0.3, 0.4) is 0 Å². The number of ether oxygens (including phenoxy) is 2. The fourth-order valence-corrected chi connectivity index (χ4v) is 7.38. The highest BCUT2D eigenvalue weighted by molar-refractivity contribution is 8.17. The molecule has 1 saturated heterocycles. The molecule has 5 unspecified atom stereocenters. The summed E-state index contributed by atoms with van der Waals surface area (Å²) in [5.74, 6) is -0.673. The Bertz CT molecular complexity index is 1690. The number of nitrogens with zero attached hydrogens (tertiary/aromatic N) is 2. The first-order valence-corrected chi connectivity index (χ1v) is 16.9. The van der Waals surface area contributed by atoms with E-state index in [9.17, 15) is 18.4 Å². The number of hydrogen-bond acceptors (Lipinski definition) is 6. The molecule has 2 aliphatic heterocycles. The van der Waals surface area contributed by atoms with Crippen molar-refractivity contribution in [2.45, 2.75) is 72.6 Å². The number of Topliss-reactive ketones (excluding diaryl/α,β-unsaturated/α-hetero) is 1. The van der Waals surface area contributed by atoms with Crippen molar-refractivity contribution in [2.24, 2.45) is 22.7 Å². The predicted octanol–water partition coefficient (Wildman–Crippen LogP) is 8.18. The molecule has 0 radical (unpaired) electrons. The Hall–Kier alpha value is -3.56. The largest absolute Gasteiger partial charge is 0.483 e. The monoisotopic (exact) mass is 648 g/mol. The van der Waals surface area contributed by atoms with E-state index in [1.165, 1.54) is 30.8 Å². The molecule has 0 amide bonds. The van der Waals surface area contributed by atoms with Gasteiger partial charge in [-0.3, -0.25) is 14.6 Å². The second kappa shape index (κ2) is 14.9. The van der Waals surface area contributed by atoms with Gasteiger partial charge in [-0.2, -0.15) is 0 Å². The smallest absolute Gasteiger partial charge is 0.234 e. The molecule has 0 N–H and O–H groups in total. The van der Waals surface area contributed by atoms with E-state index in [2.05, 4.69) is 20.8 Å². The van der Waals surface area contributed by atoms with Gasteiger partial charge in [0.05, 0.1) is 30.9 Å². The molecule has 3 heterocycles. The minimum absolute atomic E-state index is 0.00673. The summed E-state index contributed by atoms with van der Waals surface area (Å²) in [6, 6.07) is 12.6. The number of carbonyl (C=O) groups is 1. The molecule has 46 heavy (non-hydrogen) atoms.